The van der Waals surface area contributed by atoms with Crippen LogP contribution < -0.4 is 0 Å². The molecule has 0 spiro atoms. The summed E-state index contributed by atoms with van der Waals surface area (Å²) in [5, 5.41) is 14.2. The van der Waals surface area contributed by atoms with E-state index in [1.54, 1.807) is 0 Å². The predicted molar refractivity (Wildman–Crippen MR) is 168 cm³/mol. The molecule has 9 nitrogen and oxygen atoms in total. The van der Waals surface area contributed by atoms with Crippen molar-refractivity contribution in [3.8, 4) is 0 Å². The minimum Gasteiger partial charge on any atom is -0.475 e. The van der Waals surface area contributed by atoms with Crippen LogP contribution in [-0.2, 0) is 15.1 Å². The van der Waals surface area contributed by atoms with Crippen molar-refractivity contribution in [2.24, 2.45) is 0 Å². The Balaban J connectivity index is 0.000000521. The van der Waals surface area contributed by atoms with Crippen molar-refractivity contribution in [2.75, 3.05) is 54.4 Å². The first-order valence-electron chi connectivity index (χ1n) is 15.3. The third-order valence-electron chi connectivity index (χ3n) is 8.19. The first-order valence-corrected chi connectivity index (χ1v) is 15.3. The zero-order valence-corrected chi connectivity index (χ0v) is 27.9. The fraction of sp³-hybridized carbons (Fsp3) is 0.485. The van der Waals surface area contributed by atoms with E-state index in [-0.39, 0.29) is 24.2 Å². The molecule has 2 N–H and O–H groups in total. The molecule has 1 saturated heterocycles. The van der Waals surface area contributed by atoms with Gasteiger partial charge in [-0.1, -0.05) is 30.3 Å². The number of halogens is 8. The summed E-state index contributed by atoms with van der Waals surface area (Å²) >= 11 is 0. The zero-order chi connectivity index (χ0) is 38.0. The van der Waals surface area contributed by atoms with Gasteiger partial charge in [-0.25, -0.2) is 23.2 Å². The third-order valence-corrected chi connectivity index (χ3v) is 8.19. The molecule has 0 bridgehead atoms. The second-order valence-electron chi connectivity index (χ2n) is 12.1. The van der Waals surface area contributed by atoms with Crippen LogP contribution >= 0.6 is 0 Å². The van der Waals surface area contributed by atoms with E-state index in [1.165, 1.54) is 6.07 Å². The van der Waals surface area contributed by atoms with Gasteiger partial charge in [0.15, 0.2) is 0 Å². The second-order valence-corrected chi connectivity index (χ2v) is 12.1. The molecule has 1 atom stereocenters. The highest BCUT2D eigenvalue weighted by Crippen LogP contribution is 2.45. The van der Waals surface area contributed by atoms with Gasteiger partial charge in [-0.2, -0.15) is 26.3 Å². The van der Waals surface area contributed by atoms with Gasteiger partial charge >= 0.3 is 30.3 Å². The number of aliphatic carboxylic acids is 2. The van der Waals surface area contributed by atoms with Crippen molar-refractivity contribution in [3.05, 3.63) is 77.4 Å². The molecule has 0 radical (unpaired) electrons. The Morgan fingerprint density at radius 1 is 0.880 bits per heavy atom. The summed E-state index contributed by atoms with van der Waals surface area (Å²) in [6, 6.07) is 13.6. The van der Waals surface area contributed by atoms with E-state index < -0.39 is 41.5 Å². The molecular formula is C33H40F8N4O5. The van der Waals surface area contributed by atoms with E-state index in [0.29, 0.717) is 12.0 Å². The lowest BCUT2D eigenvalue weighted by atomic mass is 9.84. The minimum atomic E-state index is -5.08. The normalized spacial score (nSPS) is 18.4. The average molecular weight is 725 g/mol. The van der Waals surface area contributed by atoms with Gasteiger partial charge < -0.3 is 29.8 Å². The molecule has 2 aromatic rings. The second kappa shape index (κ2) is 17.6. The molecule has 278 valence electrons. The number of urea groups is 1. The maximum atomic E-state index is 14.9. The molecule has 2 aliphatic heterocycles. The van der Waals surface area contributed by atoms with Crippen LogP contribution in [0.1, 0.15) is 36.8 Å². The lowest BCUT2D eigenvalue weighted by Crippen LogP contribution is -2.54. The molecule has 2 aliphatic rings. The van der Waals surface area contributed by atoms with Crippen LogP contribution in [0.2, 0.25) is 0 Å². The van der Waals surface area contributed by atoms with Crippen LogP contribution in [0, 0.1) is 11.6 Å². The summed E-state index contributed by atoms with van der Waals surface area (Å²) in [7, 11) is 8.05. The molecule has 2 heterocycles. The van der Waals surface area contributed by atoms with Gasteiger partial charge in [-0.05, 0) is 102 Å². The van der Waals surface area contributed by atoms with Crippen LogP contribution in [0.5, 0.6) is 0 Å². The highest BCUT2D eigenvalue weighted by Gasteiger charge is 2.46. The summed E-state index contributed by atoms with van der Waals surface area (Å²) in [5.41, 5.74) is 1.11. The van der Waals surface area contributed by atoms with E-state index in [0.717, 1.165) is 56.6 Å². The van der Waals surface area contributed by atoms with Gasteiger partial charge in [0.05, 0.1) is 5.54 Å². The van der Waals surface area contributed by atoms with Gasteiger partial charge in [-0.15, -0.1) is 0 Å². The number of carboxylic acid groups (broad SMARTS) is 2. The van der Waals surface area contributed by atoms with Gasteiger partial charge in [0.1, 0.15) is 11.6 Å². The molecule has 17 heteroatoms. The van der Waals surface area contributed by atoms with Crippen LogP contribution in [0.3, 0.4) is 0 Å². The molecule has 0 aromatic heterocycles. The van der Waals surface area contributed by atoms with Gasteiger partial charge in [0.25, 0.3) is 0 Å². The summed E-state index contributed by atoms with van der Waals surface area (Å²) in [5.74, 6) is -6.48. The topological polar surface area (TPSA) is 105 Å². The number of rotatable bonds is 7. The van der Waals surface area contributed by atoms with Crippen LogP contribution in [0.25, 0.3) is 5.57 Å². The van der Waals surface area contributed by atoms with Gasteiger partial charge in [-0.3, -0.25) is 0 Å². The Kier molecular flexibility index (Phi) is 14.8. The van der Waals surface area contributed by atoms with E-state index in [1.807, 2.05) is 67.4 Å². The average Bonchev–Trinajstić information content (AvgIpc) is 3.42. The lowest BCUT2D eigenvalue weighted by Gasteiger charge is -2.43. The Bertz CT molecular complexity index is 1450. The summed E-state index contributed by atoms with van der Waals surface area (Å²) in [4.78, 5) is 40.1. The molecule has 0 saturated carbocycles. The van der Waals surface area contributed by atoms with E-state index in [4.69, 9.17) is 19.8 Å². The van der Waals surface area contributed by atoms with Crippen molar-refractivity contribution >= 4 is 23.5 Å². The summed E-state index contributed by atoms with van der Waals surface area (Å²) in [6.45, 7) is 2.99. The van der Waals surface area contributed by atoms with E-state index >= 15 is 0 Å². The van der Waals surface area contributed by atoms with Gasteiger partial charge in [0.2, 0.25) is 0 Å². The monoisotopic (exact) mass is 724 g/mol. The number of hydrogen-bond acceptors (Lipinski definition) is 5. The van der Waals surface area contributed by atoms with Crippen molar-refractivity contribution in [1.29, 1.82) is 0 Å². The number of amides is 2. The largest absolute Gasteiger partial charge is 0.490 e. The quantitative estimate of drug-likeness (QED) is 0.323. The summed E-state index contributed by atoms with van der Waals surface area (Å²) in [6.07, 6.45) is -4.79. The number of benzene rings is 2. The molecule has 1 unspecified atom stereocenters. The first kappa shape index (κ1) is 41.9. The molecule has 0 aliphatic carbocycles. The molecule has 1 fully saturated rings. The fourth-order valence-electron chi connectivity index (χ4n) is 5.58. The number of piperidine rings is 1. The number of likely N-dealkylation sites (tertiary alicyclic amines) is 1. The van der Waals surface area contributed by atoms with Crippen LogP contribution in [0.15, 0.2) is 54.6 Å². The molecule has 50 heavy (non-hydrogen) atoms. The molecule has 4 rings (SSSR count). The van der Waals surface area contributed by atoms with Crippen LogP contribution in [-0.4, -0.2) is 121 Å². The Labute approximate surface area is 284 Å². The Morgan fingerprint density at radius 2 is 1.40 bits per heavy atom. The number of alkyl halides is 6. The number of nitrogens with zero attached hydrogens (tertiary/aromatic N) is 4. The van der Waals surface area contributed by atoms with Crippen molar-refractivity contribution < 1.29 is 59.7 Å². The maximum absolute atomic E-state index is 14.9. The van der Waals surface area contributed by atoms with Crippen molar-refractivity contribution in [1.82, 2.24) is 19.6 Å². The predicted octanol–water partition coefficient (Wildman–Crippen LogP) is 6.31. The lowest BCUT2D eigenvalue weighted by molar-refractivity contribution is -0.193. The van der Waals surface area contributed by atoms with Gasteiger partial charge in [0, 0.05) is 25.2 Å². The number of carbonyl (C=O) groups excluding carboxylic acids is 1. The highest BCUT2D eigenvalue weighted by atomic mass is 19.4. The standard InChI is InChI=1S/C29H38F2N4O.2C2HF3O2/c1-32(2)16-8-15-29(23-9-6-5-7-10-23)20-22(26-19-24(30)11-12-27(26)31)21-35(29)28(36)34(4)25-13-17-33(3)18-14-25;2*3-2(4,5)1(6)7/h5-7,9-12,19-20,25H,8,13-18,21H2,1-4H3;2*(H,6,7). The van der Waals surface area contributed by atoms with Crippen molar-refractivity contribution in [3.63, 3.8) is 0 Å². The number of carbonyl (C=O) groups is 3. The summed E-state index contributed by atoms with van der Waals surface area (Å²) < 4.78 is 92.6. The molecule has 2 aromatic carbocycles. The SMILES string of the molecule is CN(C)CCCC1(c2ccccc2)C=C(c2cc(F)ccc2F)CN1C(=O)N(C)C1CCN(C)CC1.O=C(O)C(F)(F)F.O=C(O)C(F)(F)F. The minimum absolute atomic E-state index is 0.0682. The first-order chi connectivity index (χ1) is 23.1. The smallest absolute Gasteiger partial charge is 0.475 e. The Hall–Kier alpha value is -4.25. The zero-order valence-electron chi connectivity index (χ0n) is 27.9. The Morgan fingerprint density at radius 3 is 1.88 bits per heavy atom. The van der Waals surface area contributed by atoms with Crippen LogP contribution in [0.4, 0.5) is 39.9 Å². The number of carboxylic acids is 2. The third kappa shape index (κ3) is 11.7. The number of hydrogen-bond donors (Lipinski definition) is 2. The van der Waals surface area contributed by atoms with E-state index in [9.17, 15) is 39.9 Å². The van der Waals surface area contributed by atoms with E-state index in [2.05, 4.69) is 16.8 Å². The molecule has 2 amide bonds. The highest BCUT2D eigenvalue weighted by molar-refractivity contribution is 5.83. The maximum Gasteiger partial charge on any atom is 0.490 e. The fourth-order valence-corrected chi connectivity index (χ4v) is 5.58. The molecular weight excluding hydrogens is 684 g/mol. The van der Waals surface area contributed by atoms with Crippen molar-refractivity contribution in [2.45, 2.75) is 49.6 Å².